The molecule has 1 fully saturated rings. The van der Waals surface area contributed by atoms with Gasteiger partial charge in [-0.1, -0.05) is 30.3 Å². The predicted octanol–water partition coefficient (Wildman–Crippen LogP) is 5.05. The fourth-order valence-corrected chi connectivity index (χ4v) is 4.59. The van der Waals surface area contributed by atoms with Gasteiger partial charge in [-0.2, -0.15) is 0 Å². The minimum atomic E-state index is -0.828. The number of carbonyl (C=O) groups is 2. The Kier molecular flexibility index (Phi) is 7.29. The van der Waals surface area contributed by atoms with Crippen molar-refractivity contribution in [1.82, 2.24) is 4.98 Å². The number of piperidine rings is 1. The Hall–Kier alpha value is -2.21. The molecule has 1 aliphatic rings. The lowest BCUT2D eigenvalue weighted by atomic mass is 9.89. The summed E-state index contributed by atoms with van der Waals surface area (Å²) in [6.07, 6.45) is 2.79. The number of anilines is 1. The van der Waals surface area contributed by atoms with Crippen molar-refractivity contribution in [3.05, 3.63) is 57.3 Å². The van der Waals surface area contributed by atoms with Gasteiger partial charge in [-0.3, -0.25) is 9.78 Å². The molecule has 0 atom stereocenters. The van der Waals surface area contributed by atoms with Crippen molar-refractivity contribution in [2.24, 2.45) is 5.92 Å². The quantitative estimate of drug-likeness (QED) is 0.334. The number of benzene rings is 1. The van der Waals surface area contributed by atoms with Gasteiger partial charge in [0.1, 0.15) is 0 Å². The number of pyridine rings is 1. The van der Waals surface area contributed by atoms with Crippen molar-refractivity contribution < 1.29 is 14.3 Å². The molecule has 3 rings (SSSR count). The first kappa shape index (κ1) is 22.5. The van der Waals surface area contributed by atoms with E-state index in [4.69, 9.17) is 4.74 Å². The summed E-state index contributed by atoms with van der Waals surface area (Å²) in [6.45, 7) is 8.82. The summed E-state index contributed by atoms with van der Waals surface area (Å²) in [5.41, 5.74) is 3.84. The number of hydrogen-bond donors (Lipinski definition) is 0. The number of Topliss-reactive ketones (excluding diaryl/α,β-unsaturated/α-hetero) is 1. The highest BCUT2D eigenvalue weighted by atomic mass is 79.9. The normalized spacial score (nSPS) is 14.8. The zero-order chi connectivity index (χ0) is 21.8. The van der Waals surface area contributed by atoms with E-state index in [1.807, 2.05) is 13.0 Å². The summed E-state index contributed by atoms with van der Waals surface area (Å²) in [7, 11) is 0. The molecule has 0 aliphatic carbocycles. The summed E-state index contributed by atoms with van der Waals surface area (Å²) in [5.74, 6) is -0.849. The summed E-state index contributed by atoms with van der Waals surface area (Å²) < 4.78 is 5.94. The number of esters is 1. The van der Waals surface area contributed by atoms with Crippen LogP contribution in [-0.4, -0.2) is 35.9 Å². The lowest BCUT2D eigenvalue weighted by Crippen LogP contribution is -2.36. The minimum absolute atomic E-state index is 0.346. The monoisotopic (exact) mass is 472 g/mol. The number of carbonyl (C=O) groups excluding carboxylic acids is 2. The molecule has 6 heteroatoms. The van der Waals surface area contributed by atoms with Crippen LogP contribution in [0.4, 0.5) is 5.69 Å². The maximum atomic E-state index is 13.0. The van der Waals surface area contributed by atoms with Crippen LogP contribution in [0.3, 0.4) is 0 Å². The number of rotatable bonds is 6. The van der Waals surface area contributed by atoms with Crippen LogP contribution in [0.1, 0.15) is 54.0 Å². The van der Waals surface area contributed by atoms with Crippen molar-refractivity contribution in [3.8, 4) is 0 Å². The van der Waals surface area contributed by atoms with Crippen molar-refractivity contribution in [3.63, 3.8) is 0 Å². The maximum Gasteiger partial charge on any atom is 0.380 e. The summed E-state index contributed by atoms with van der Waals surface area (Å²) in [4.78, 5) is 32.0. The van der Waals surface area contributed by atoms with E-state index in [9.17, 15) is 9.59 Å². The van der Waals surface area contributed by atoms with E-state index in [0.29, 0.717) is 17.2 Å². The van der Waals surface area contributed by atoms with E-state index in [0.717, 1.165) is 48.2 Å². The molecule has 1 aromatic carbocycles. The second-order valence-electron chi connectivity index (χ2n) is 8.22. The van der Waals surface area contributed by atoms with Crippen LogP contribution in [0.25, 0.3) is 0 Å². The van der Waals surface area contributed by atoms with Crippen molar-refractivity contribution in [2.45, 2.75) is 53.1 Å². The van der Waals surface area contributed by atoms with Gasteiger partial charge in [0.2, 0.25) is 0 Å². The number of nitrogens with zero attached hydrogens (tertiary/aromatic N) is 2. The van der Waals surface area contributed by atoms with Crippen molar-refractivity contribution in [2.75, 3.05) is 18.0 Å². The Bertz CT molecular complexity index is 920. The highest BCUT2D eigenvalue weighted by Gasteiger charge is 2.31. The molecular formula is C24H29BrN2O3. The summed E-state index contributed by atoms with van der Waals surface area (Å²) in [6, 6.07) is 10.6. The third kappa shape index (κ3) is 5.09. The van der Waals surface area contributed by atoms with Gasteiger partial charge in [0, 0.05) is 13.1 Å². The summed E-state index contributed by atoms with van der Waals surface area (Å²) >= 11 is 3.63. The van der Waals surface area contributed by atoms with Crippen LogP contribution in [-0.2, 0) is 16.0 Å². The van der Waals surface area contributed by atoms with Gasteiger partial charge < -0.3 is 9.64 Å². The SMILES string of the molecule is Cc1nc(C)c(C(=O)C(=O)OC(C)C)c(N2CCC(Cc3ccccc3)CC2)c1Br. The van der Waals surface area contributed by atoms with Crippen LogP contribution < -0.4 is 4.90 Å². The highest BCUT2D eigenvalue weighted by molar-refractivity contribution is 9.10. The third-order valence-electron chi connectivity index (χ3n) is 5.51. The van der Waals surface area contributed by atoms with Crippen LogP contribution >= 0.6 is 15.9 Å². The molecule has 2 aromatic rings. The van der Waals surface area contributed by atoms with Gasteiger partial charge in [0.05, 0.1) is 33.2 Å². The first-order chi connectivity index (χ1) is 14.3. The van der Waals surface area contributed by atoms with E-state index < -0.39 is 11.8 Å². The Balaban J connectivity index is 1.83. The Morgan fingerprint density at radius 1 is 1.13 bits per heavy atom. The minimum Gasteiger partial charge on any atom is -0.457 e. The van der Waals surface area contributed by atoms with Crippen molar-refractivity contribution in [1.29, 1.82) is 0 Å². The Morgan fingerprint density at radius 3 is 2.37 bits per heavy atom. The molecule has 0 unspecified atom stereocenters. The summed E-state index contributed by atoms with van der Waals surface area (Å²) in [5, 5.41) is 0. The van der Waals surface area contributed by atoms with Crippen LogP contribution in [0.2, 0.25) is 0 Å². The number of aryl methyl sites for hydroxylation is 2. The van der Waals surface area contributed by atoms with Gasteiger partial charge >= 0.3 is 5.97 Å². The number of ketones is 1. The highest BCUT2D eigenvalue weighted by Crippen LogP contribution is 2.37. The van der Waals surface area contributed by atoms with Crippen LogP contribution in [0, 0.1) is 19.8 Å². The van der Waals surface area contributed by atoms with E-state index >= 15 is 0 Å². The average Bonchev–Trinajstić information content (AvgIpc) is 2.71. The molecule has 2 heterocycles. The van der Waals surface area contributed by atoms with Gasteiger partial charge in [0.25, 0.3) is 5.78 Å². The average molecular weight is 473 g/mol. The molecular weight excluding hydrogens is 444 g/mol. The Labute approximate surface area is 187 Å². The lowest BCUT2D eigenvalue weighted by molar-refractivity contribution is -0.141. The predicted molar refractivity (Wildman–Crippen MR) is 122 cm³/mol. The third-order valence-corrected chi connectivity index (χ3v) is 6.46. The second-order valence-corrected chi connectivity index (χ2v) is 9.02. The molecule has 0 radical (unpaired) electrons. The standard InChI is InChI=1S/C24H29BrN2O3/c1-15(2)30-24(29)23(28)20-16(3)26-17(4)21(25)22(20)27-12-10-19(11-13-27)14-18-8-6-5-7-9-18/h5-9,15,19H,10-14H2,1-4H3. The number of hydrogen-bond acceptors (Lipinski definition) is 5. The molecule has 0 bridgehead atoms. The number of halogens is 1. The van der Waals surface area contributed by atoms with Gasteiger partial charge in [-0.25, -0.2) is 4.79 Å². The van der Waals surface area contributed by atoms with E-state index in [1.54, 1.807) is 20.8 Å². The van der Waals surface area contributed by atoms with Crippen LogP contribution in [0.5, 0.6) is 0 Å². The smallest absolute Gasteiger partial charge is 0.380 e. The Morgan fingerprint density at radius 2 is 1.77 bits per heavy atom. The first-order valence-corrected chi connectivity index (χ1v) is 11.3. The van der Waals surface area contributed by atoms with E-state index in [-0.39, 0.29) is 6.10 Å². The van der Waals surface area contributed by atoms with E-state index in [1.165, 1.54) is 5.56 Å². The lowest BCUT2D eigenvalue weighted by Gasteiger charge is -2.35. The van der Waals surface area contributed by atoms with Gasteiger partial charge in [-0.05, 0) is 74.4 Å². The van der Waals surface area contributed by atoms with Gasteiger partial charge in [0.15, 0.2) is 0 Å². The zero-order valence-electron chi connectivity index (χ0n) is 18.1. The zero-order valence-corrected chi connectivity index (χ0v) is 19.7. The van der Waals surface area contributed by atoms with Crippen LogP contribution in [0.15, 0.2) is 34.8 Å². The van der Waals surface area contributed by atoms with Crippen molar-refractivity contribution >= 4 is 33.4 Å². The van der Waals surface area contributed by atoms with E-state index in [2.05, 4.69) is 50.1 Å². The van der Waals surface area contributed by atoms with Gasteiger partial charge in [-0.15, -0.1) is 0 Å². The molecule has 5 nitrogen and oxygen atoms in total. The molecule has 0 N–H and O–H groups in total. The molecule has 1 aromatic heterocycles. The second kappa shape index (κ2) is 9.73. The molecule has 160 valence electrons. The largest absolute Gasteiger partial charge is 0.457 e. The molecule has 1 saturated heterocycles. The maximum absolute atomic E-state index is 13.0. The first-order valence-electron chi connectivity index (χ1n) is 10.5. The fourth-order valence-electron chi connectivity index (χ4n) is 4.06. The molecule has 1 aliphatic heterocycles. The number of aromatic nitrogens is 1. The fraction of sp³-hybridized carbons (Fsp3) is 0.458. The molecule has 0 spiro atoms. The number of ether oxygens (including phenoxy) is 1. The molecule has 30 heavy (non-hydrogen) atoms. The molecule has 0 amide bonds. The topological polar surface area (TPSA) is 59.5 Å². The molecule has 0 saturated carbocycles.